The van der Waals surface area contributed by atoms with Crippen LogP contribution >= 0.6 is 11.8 Å². The molecule has 0 radical (unpaired) electrons. The third kappa shape index (κ3) is 4.42. The largest absolute Gasteiger partial charge is 0.349 e. The smallest absolute Gasteiger partial charge is 0.230 e. The van der Waals surface area contributed by atoms with Crippen molar-refractivity contribution in [1.29, 1.82) is 0 Å². The molecule has 1 unspecified atom stereocenters. The minimum Gasteiger partial charge on any atom is -0.349 e. The topological polar surface area (TPSA) is 72.7 Å². The van der Waals surface area contributed by atoms with Gasteiger partial charge in [-0.1, -0.05) is 42.1 Å². The Morgan fingerprint density at radius 3 is 2.64 bits per heavy atom. The maximum absolute atomic E-state index is 12.4. The molecule has 0 spiro atoms. The number of amides is 1. The van der Waals surface area contributed by atoms with Gasteiger partial charge in [0.15, 0.2) is 0 Å². The molecule has 7 heteroatoms. The van der Waals surface area contributed by atoms with Gasteiger partial charge in [0.1, 0.15) is 0 Å². The molecule has 0 aliphatic heterocycles. The van der Waals surface area contributed by atoms with Crippen LogP contribution in [0.1, 0.15) is 40.8 Å². The Bertz CT molecular complexity index is 998. The van der Waals surface area contributed by atoms with E-state index in [1.54, 1.807) is 4.68 Å². The zero-order chi connectivity index (χ0) is 20.3. The molecule has 0 bridgehead atoms. The van der Waals surface area contributed by atoms with E-state index in [1.165, 1.54) is 28.5 Å². The molecule has 1 aromatic heterocycles. The number of carbonyl (C=O) groups is 1. The molecule has 0 aliphatic rings. The van der Waals surface area contributed by atoms with Crippen LogP contribution in [0, 0.1) is 27.7 Å². The molecular weight excluding hydrogens is 370 g/mol. The van der Waals surface area contributed by atoms with Crippen LogP contribution in [0.2, 0.25) is 0 Å². The van der Waals surface area contributed by atoms with Crippen molar-refractivity contribution in [2.75, 3.05) is 5.75 Å². The average Bonchev–Trinajstić information content (AvgIpc) is 3.12. The van der Waals surface area contributed by atoms with Crippen LogP contribution in [0.25, 0.3) is 5.69 Å². The normalized spacial score (nSPS) is 12.0. The maximum atomic E-state index is 12.4. The minimum absolute atomic E-state index is 0.0498. The highest BCUT2D eigenvalue weighted by atomic mass is 32.2. The highest BCUT2D eigenvalue weighted by molar-refractivity contribution is 7.99. The van der Waals surface area contributed by atoms with Gasteiger partial charge in [-0.15, -0.1) is 5.10 Å². The minimum atomic E-state index is -0.0533. The summed E-state index contributed by atoms with van der Waals surface area (Å²) in [6.45, 7) is 10.2. The number of aromatic nitrogens is 4. The van der Waals surface area contributed by atoms with Crippen molar-refractivity contribution in [2.45, 2.75) is 45.8 Å². The lowest BCUT2D eigenvalue weighted by Crippen LogP contribution is -2.28. The van der Waals surface area contributed by atoms with Gasteiger partial charge in [-0.2, -0.15) is 4.68 Å². The predicted octanol–water partition coefficient (Wildman–Crippen LogP) is 3.87. The van der Waals surface area contributed by atoms with Gasteiger partial charge in [0, 0.05) is 0 Å². The molecule has 0 fully saturated rings. The number of hydrogen-bond acceptors (Lipinski definition) is 5. The van der Waals surface area contributed by atoms with Crippen LogP contribution in [0.4, 0.5) is 0 Å². The Kier molecular flexibility index (Phi) is 6.14. The molecule has 1 N–H and O–H groups in total. The summed E-state index contributed by atoms with van der Waals surface area (Å²) in [5.74, 6) is 0.201. The van der Waals surface area contributed by atoms with E-state index >= 15 is 0 Å². The van der Waals surface area contributed by atoms with Crippen molar-refractivity contribution in [3.63, 3.8) is 0 Å². The first-order valence-electron chi connectivity index (χ1n) is 9.21. The van der Waals surface area contributed by atoms with Gasteiger partial charge in [-0.3, -0.25) is 4.79 Å². The van der Waals surface area contributed by atoms with Crippen LogP contribution in [-0.2, 0) is 4.79 Å². The molecule has 146 valence electrons. The first-order valence-corrected chi connectivity index (χ1v) is 10.2. The van der Waals surface area contributed by atoms with Gasteiger partial charge in [0.2, 0.25) is 11.1 Å². The second kappa shape index (κ2) is 8.56. The number of rotatable bonds is 6. The zero-order valence-electron chi connectivity index (χ0n) is 16.9. The molecule has 1 amide bonds. The SMILES string of the molecule is Cc1ccc(C(C)NC(=O)CSc2nnnn2-c2cccc(C)c2C)cc1C. The molecule has 28 heavy (non-hydrogen) atoms. The fourth-order valence-corrected chi connectivity index (χ4v) is 3.61. The molecule has 2 aromatic carbocycles. The van der Waals surface area contributed by atoms with Crippen molar-refractivity contribution in [2.24, 2.45) is 0 Å². The number of carbonyl (C=O) groups excluding carboxylic acids is 1. The van der Waals surface area contributed by atoms with Gasteiger partial charge in [-0.25, -0.2) is 0 Å². The van der Waals surface area contributed by atoms with E-state index in [9.17, 15) is 4.79 Å². The number of nitrogens with one attached hydrogen (secondary N) is 1. The number of hydrogen-bond donors (Lipinski definition) is 1. The third-order valence-corrected chi connectivity index (χ3v) is 5.91. The van der Waals surface area contributed by atoms with Gasteiger partial charge in [0.25, 0.3) is 0 Å². The predicted molar refractivity (Wildman–Crippen MR) is 112 cm³/mol. The molecule has 0 saturated heterocycles. The molecule has 1 atom stereocenters. The molecule has 6 nitrogen and oxygen atoms in total. The Hall–Kier alpha value is -2.67. The van der Waals surface area contributed by atoms with Crippen LogP contribution < -0.4 is 5.32 Å². The second-order valence-corrected chi connectivity index (χ2v) is 7.96. The average molecular weight is 396 g/mol. The van der Waals surface area contributed by atoms with Crippen LogP contribution in [0.15, 0.2) is 41.6 Å². The Labute approximate surface area is 169 Å². The van der Waals surface area contributed by atoms with E-state index in [-0.39, 0.29) is 17.7 Å². The Morgan fingerprint density at radius 1 is 1.11 bits per heavy atom. The van der Waals surface area contributed by atoms with E-state index in [4.69, 9.17) is 0 Å². The third-order valence-electron chi connectivity index (χ3n) is 4.99. The lowest BCUT2D eigenvalue weighted by molar-refractivity contribution is -0.119. The Morgan fingerprint density at radius 2 is 1.89 bits per heavy atom. The quantitative estimate of drug-likeness (QED) is 0.642. The highest BCUT2D eigenvalue weighted by Crippen LogP contribution is 2.23. The van der Waals surface area contributed by atoms with Gasteiger partial charge >= 0.3 is 0 Å². The van der Waals surface area contributed by atoms with Gasteiger partial charge < -0.3 is 5.32 Å². The first kappa shape index (κ1) is 20.1. The zero-order valence-corrected chi connectivity index (χ0v) is 17.7. The first-order chi connectivity index (χ1) is 13.4. The van der Waals surface area contributed by atoms with Crippen molar-refractivity contribution in [1.82, 2.24) is 25.5 Å². The van der Waals surface area contributed by atoms with Crippen LogP contribution in [0.5, 0.6) is 0 Å². The summed E-state index contributed by atoms with van der Waals surface area (Å²) in [6.07, 6.45) is 0. The van der Waals surface area contributed by atoms with E-state index in [0.717, 1.165) is 16.8 Å². The number of benzene rings is 2. The summed E-state index contributed by atoms with van der Waals surface area (Å²) in [6, 6.07) is 12.2. The summed E-state index contributed by atoms with van der Waals surface area (Å²) in [7, 11) is 0. The second-order valence-electron chi connectivity index (χ2n) is 7.01. The lowest BCUT2D eigenvalue weighted by atomic mass is 10.0. The number of tetrazole rings is 1. The monoisotopic (exact) mass is 395 g/mol. The van der Waals surface area contributed by atoms with Crippen molar-refractivity contribution in [3.05, 3.63) is 64.2 Å². The fraction of sp³-hybridized carbons (Fsp3) is 0.333. The highest BCUT2D eigenvalue weighted by Gasteiger charge is 2.15. The Balaban J connectivity index is 1.65. The lowest BCUT2D eigenvalue weighted by Gasteiger charge is -2.15. The summed E-state index contributed by atoms with van der Waals surface area (Å²) in [5, 5.41) is 15.6. The molecule has 0 aliphatic carbocycles. The van der Waals surface area contributed by atoms with Crippen LogP contribution in [-0.4, -0.2) is 31.9 Å². The van der Waals surface area contributed by atoms with Crippen LogP contribution in [0.3, 0.4) is 0 Å². The standard InChI is InChI=1S/C21H25N5OS/c1-13-9-10-18(11-15(13)3)17(5)22-20(27)12-28-21-23-24-25-26(21)19-8-6-7-14(2)16(19)4/h6-11,17H,12H2,1-5H3,(H,22,27). The number of nitrogens with zero attached hydrogens (tertiary/aromatic N) is 4. The molecule has 3 aromatic rings. The fourth-order valence-electron chi connectivity index (χ4n) is 2.92. The van der Waals surface area contributed by atoms with Gasteiger partial charge in [0.05, 0.1) is 17.5 Å². The number of aryl methyl sites for hydroxylation is 3. The molecule has 1 heterocycles. The number of thioether (sulfide) groups is 1. The van der Waals surface area contributed by atoms with E-state index in [2.05, 4.69) is 65.9 Å². The van der Waals surface area contributed by atoms with Gasteiger partial charge in [-0.05, 0) is 78.9 Å². The van der Waals surface area contributed by atoms with Crippen molar-refractivity contribution >= 4 is 17.7 Å². The summed E-state index contributed by atoms with van der Waals surface area (Å²) in [5.41, 5.74) is 6.78. The maximum Gasteiger partial charge on any atom is 0.230 e. The van der Waals surface area contributed by atoms with E-state index in [0.29, 0.717) is 5.16 Å². The molecule has 3 rings (SSSR count). The molecular formula is C21H25N5OS. The van der Waals surface area contributed by atoms with E-state index < -0.39 is 0 Å². The summed E-state index contributed by atoms with van der Waals surface area (Å²) in [4.78, 5) is 12.4. The summed E-state index contributed by atoms with van der Waals surface area (Å²) >= 11 is 1.33. The summed E-state index contributed by atoms with van der Waals surface area (Å²) < 4.78 is 1.69. The molecule has 0 saturated carbocycles. The van der Waals surface area contributed by atoms with Crippen molar-refractivity contribution < 1.29 is 4.79 Å². The van der Waals surface area contributed by atoms with E-state index in [1.807, 2.05) is 26.0 Å². The van der Waals surface area contributed by atoms with Crippen molar-refractivity contribution in [3.8, 4) is 5.69 Å².